The highest BCUT2D eigenvalue weighted by Gasteiger charge is 1.99. The Kier molecular flexibility index (Phi) is 1.89. The van der Waals surface area contributed by atoms with Gasteiger partial charge in [0.05, 0.1) is 0 Å². The minimum absolute atomic E-state index is 0.887. The van der Waals surface area contributed by atoms with E-state index in [4.69, 9.17) is 0 Å². The number of hydrogen-bond donors (Lipinski definition) is 1. The molecule has 0 fully saturated rings. The van der Waals surface area contributed by atoms with Crippen LogP contribution in [0.2, 0.25) is 0 Å². The number of rotatable bonds is 1. The molecule has 0 aliphatic heterocycles. The molecule has 1 N–H and O–H groups in total. The molecule has 0 spiro atoms. The van der Waals surface area contributed by atoms with E-state index in [0.717, 1.165) is 17.1 Å². The van der Waals surface area contributed by atoms with Crippen LogP contribution in [0.5, 0.6) is 0 Å². The quantitative estimate of drug-likeness (QED) is 0.701. The third-order valence-electron chi connectivity index (χ3n) is 1.97. The average Bonchev–Trinajstić information content (AvgIpc) is 2.53. The number of H-pyrrole nitrogens is 1. The van der Waals surface area contributed by atoms with E-state index in [1.165, 1.54) is 5.56 Å². The second-order valence-corrected chi connectivity index (χ2v) is 3.19. The minimum atomic E-state index is 0.887. The van der Waals surface area contributed by atoms with E-state index in [1.807, 2.05) is 6.92 Å². The third-order valence-corrected chi connectivity index (χ3v) is 1.97. The zero-order valence-corrected chi connectivity index (χ0v) is 7.76. The van der Waals surface area contributed by atoms with E-state index >= 15 is 0 Å². The molecule has 0 saturated carbocycles. The molecule has 1 radical (unpaired) electrons. The molecule has 0 aliphatic rings. The second-order valence-electron chi connectivity index (χ2n) is 3.19. The summed E-state index contributed by atoms with van der Waals surface area (Å²) < 4.78 is 0. The highest BCUT2D eigenvalue weighted by atomic mass is 14.9. The number of aromatic amines is 1. The molecule has 2 aromatic rings. The summed E-state index contributed by atoms with van der Waals surface area (Å²) in [4.78, 5) is 7.28. The number of hydrogen-bond acceptors (Lipinski definition) is 1. The fourth-order valence-electron chi connectivity index (χ4n) is 1.22. The van der Waals surface area contributed by atoms with E-state index in [2.05, 4.69) is 47.4 Å². The van der Waals surface area contributed by atoms with E-state index in [0.29, 0.717) is 0 Å². The maximum absolute atomic E-state index is 4.14. The van der Waals surface area contributed by atoms with Crippen molar-refractivity contribution < 1.29 is 0 Å². The van der Waals surface area contributed by atoms with Gasteiger partial charge in [-0.3, -0.25) is 0 Å². The van der Waals surface area contributed by atoms with Gasteiger partial charge in [-0.2, -0.15) is 0 Å². The van der Waals surface area contributed by atoms with Crippen LogP contribution in [-0.2, 0) is 0 Å². The second kappa shape index (κ2) is 3.05. The SMILES string of the molecule is Cc1ccc(-c2n[c]c(C)[nH]2)cc1. The number of imidazole rings is 1. The zero-order valence-electron chi connectivity index (χ0n) is 7.76. The summed E-state index contributed by atoms with van der Waals surface area (Å²) in [6.45, 7) is 4.02. The molecule has 2 heteroatoms. The van der Waals surface area contributed by atoms with Gasteiger partial charge in [-0.15, -0.1) is 0 Å². The first-order valence-corrected chi connectivity index (χ1v) is 4.27. The number of nitrogens with zero attached hydrogens (tertiary/aromatic N) is 1. The van der Waals surface area contributed by atoms with Crippen molar-refractivity contribution >= 4 is 0 Å². The lowest BCUT2D eigenvalue weighted by Gasteiger charge is -1.96. The fourth-order valence-corrected chi connectivity index (χ4v) is 1.22. The molecule has 13 heavy (non-hydrogen) atoms. The Bertz CT molecular complexity index is 398. The Morgan fingerprint density at radius 2 is 1.85 bits per heavy atom. The van der Waals surface area contributed by atoms with E-state index < -0.39 is 0 Å². The Morgan fingerprint density at radius 1 is 1.15 bits per heavy atom. The molecule has 0 aliphatic carbocycles. The minimum Gasteiger partial charge on any atom is -0.341 e. The first-order valence-electron chi connectivity index (χ1n) is 4.27. The molecule has 0 bridgehead atoms. The highest BCUT2D eigenvalue weighted by Crippen LogP contribution is 2.15. The maximum Gasteiger partial charge on any atom is 0.138 e. The summed E-state index contributed by atoms with van der Waals surface area (Å²) in [6.07, 6.45) is 2.88. The lowest BCUT2D eigenvalue weighted by atomic mass is 10.1. The van der Waals surface area contributed by atoms with Crippen molar-refractivity contribution in [2.75, 3.05) is 0 Å². The molecule has 0 unspecified atom stereocenters. The lowest BCUT2D eigenvalue weighted by molar-refractivity contribution is 1.25. The van der Waals surface area contributed by atoms with Crippen molar-refractivity contribution in [3.63, 3.8) is 0 Å². The molecule has 0 atom stereocenters. The van der Waals surface area contributed by atoms with Crippen LogP contribution >= 0.6 is 0 Å². The number of aryl methyl sites for hydroxylation is 2. The summed E-state index contributed by atoms with van der Waals surface area (Å²) in [6, 6.07) is 8.27. The Labute approximate surface area is 77.6 Å². The summed E-state index contributed by atoms with van der Waals surface area (Å²) in [5.74, 6) is 0.887. The first kappa shape index (κ1) is 8.05. The molecular formula is C11H11N2. The Hall–Kier alpha value is -1.57. The topological polar surface area (TPSA) is 28.7 Å². The maximum atomic E-state index is 4.14. The molecule has 2 nitrogen and oxygen atoms in total. The van der Waals surface area contributed by atoms with Crippen LogP contribution in [0.15, 0.2) is 24.3 Å². The standard InChI is InChI=1S/C11H11N2/c1-8-3-5-10(6-4-8)11-12-7-9(2)13-11/h3-6H,1-2H3,(H,12,13). The van der Waals surface area contributed by atoms with E-state index in [1.54, 1.807) is 0 Å². The Balaban J connectivity index is 2.41. The van der Waals surface area contributed by atoms with Crippen molar-refractivity contribution in [2.45, 2.75) is 13.8 Å². The van der Waals surface area contributed by atoms with Crippen molar-refractivity contribution in [1.82, 2.24) is 9.97 Å². The molecule has 1 aromatic carbocycles. The summed E-state index contributed by atoms with van der Waals surface area (Å²) in [5.41, 5.74) is 3.33. The van der Waals surface area contributed by atoms with Crippen LogP contribution in [0.25, 0.3) is 11.4 Å². The summed E-state index contributed by atoms with van der Waals surface area (Å²) in [7, 11) is 0. The largest absolute Gasteiger partial charge is 0.341 e. The van der Waals surface area contributed by atoms with Gasteiger partial charge in [0.2, 0.25) is 0 Å². The molecule has 0 amide bonds. The lowest BCUT2D eigenvalue weighted by Crippen LogP contribution is -1.80. The highest BCUT2D eigenvalue weighted by molar-refractivity contribution is 5.55. The molecular weight excluding hydrogens is 160 g/mol. The zero-order chi connectivity index (χ0) is 9.26. The summed E-state index contributed by atoms with van der Waals surface area (Å²) >= 11 is 0. The molecule has 65 valence electrons. The van der Waals surface area contributed by atoms with Crippen molar-refractivity contribution in [3.8, 4) is 11.4 Å². The van der Waals surface area contributed by atoms with Gasteiger partial charge >= 0.3 is 0 Å². The number of aromatic nitrogens is 2. The average molecular weight is 171 g/mol. The van der Waals surface area contributed by atoms with Crippen LogP contribution < -0.4 is 0 Å². The van der Waals surface area contributed by atoms with Gasteiger partial charge < -0.3 is 4.98 Å². The monoisotopic (exact) mass is 171 g/mol. The van der Waals surface area contributed by atoms with Gasteiger partial charge in [0, 0.05) is 11.3 Å². The van der Waals surface area contributed by atoms with Gasteiger partial charge in [-0.1, -0.05) is 29.8 Å². The predicted molar refractivity (Wildman–Crippen MR) is 52.3 cm³/mol. The Morgan fingerprint density at radius 3 is 2.38 bits per heavy atom. The van der Waals surface area contributed by atoms with Gasteiger partial charge in [-0.25, -0.2) is 4.98 Å². The van der Waals surface area contributed by atoms with E-state index in [-0.39, 0.29) is 0 Å². The third kappa shape index (κ3) is 1.61. The van der Waals surface area contributed by atoms with Crippen LogP contribution in [0.3, 0.4) is 0 Å². The van der Waals surface area contributed by atoms with Crippen molar-refractivity contribution in [2.24, 2.45) is 0 Å². The van der Waals surface area contributed by atoms with Gasteiger partial charge in [0.25, 0.3) is 0 Å². The van der Waals surface area contributed by atoms with Crippen LogP contribution in [0, 0.1) is 20.0 Å². The fraction of sp³-hybridized carbons (Fsp3) is 0.182. The normalized spacial score (nSPS) is 10.3. The molecule has 1 heterocycles. The molecule has 0 saturated heterocycles. The van der Waals surface area contributed by atoms with Gasteiger partial charge in [0.1, 0.15) is 12.0 Å². The summed E-state index contributed by atoms with van der Waals surface area (Å²) in [5, 5.41) is 0. The number of nitrogens with one attached hydrogen (secondary N) is 1. The first-order chi connectivity index (χ1) is 6.25. The van der Waals surface area contributed by atoms with Gasteiger partial charge in [-0.05, 0) is 13.8 Å². The van der Waals surface area contributed by atoms with Crippen LogP contribution in [0.4, 0.5) is 0 Å². The van der Waals surface area contributed by atoms with Crippen molar-refractivity contribution in [3.05, 3.63) is 41.7 Å². The van der Waals surface area contributed by atoms with Crippen molar-refractivity contribution in [1.29, 1.82) is 0 Å². The van der Waals surface area contributed by atoms with Crippen LogP contribution in [-0.4, -0.2) is 9.97 Å². The smallest absolute Gasteiger partial charge is 0.138 e. The van der Waals surface area contributed by atoms with Crippen LogP contribution in [0.1, 0.15) is 11.3 Å². The predicted octanol–water partition coefficient (Wildman–Crippen LogP) is 2.49. The van der Waals surface area contributed by atoms with E-state index in [9.17, 15) is 0 Å². The van der Waals surface area contributed by atoms with Gasteiger partial charge in [0.15, 0.2) is 0 Å². The molecule has 1 aromatic heterocycles. The number of benzene rings is 1. The molecule has 2 rings (SSSR count).